The van der Waals surface area contributed by atoms with Gasteiger partial charge in [-0.1, -0.05) is 6.07 Å². The molecule has 0 saturated heterocycles. The third-order valence-electron chi connectivity index (χ3n) is 3.09. The highest BCUT2D eigenvalue weighted by Crippen LogP contribution is 2.20. The number of carbonyl (C=O) groups excluding carboxylic acids is 1. The SMILES string of the molecule is CN(CC(=O)NC(C)(C)CN)S(=O)(=O)c1cccc([N+](=O)[O-])c1.Cl. The minimum atomic E-state index is -4.02. The molecule has 0 unspecified atom stereocenters. The Balaban J connectivity index is 0.00000529. The van der Waals surface area contributed by atoms with Gasteiger partial charge in [-0.05, 0) is 19.9 Å². The lowest BCUT2D eigenvalue weighted by Gasteiger charge is -2.25. The first kappa shape index (κ1) is 22.2. The Morgan fingerprint density at radius 3 is 2.50 bits per heavy atom. The van der Waals surface area contributed by atoms with E-state index in [9.17, 15) is 23.3 Å². The van der Waals surface area contributed by atoms with Gasteiger partial charge in [-0.15, -0.1) is 12.4 Å². The van der Waals surface area contributed by atoms with Crippen LogP contribution in [0.5, 0.6) is 0 Å². The molecule has 0 fully saturated rings. The molecule has 1 rings (SSSR count). The van der Waals surface area contributed by atoms with Crippen LogP contribution in [0.1, 0.15) is 13.8 Å². The predicted octanol–water partition coefficient (Wildman–Crippen LogP) is 0.491. The molecule has 1 aromatic rings. The summed E-state index contributed by atoms with van der Waals surface area (Å²) >= 11 is 0. The topological polar surface area (TPSA) is 136 Å². The van der Waals surface area contributed by atoms with Gasteiger partial charge in [-0.3, -0.25) is 14.9 Å². The van der Waals surface area contributed by atoms with E-state index in [2.05, 4.69) is 5.32 Å². The second-order valence-electron chi connectivity index (χ2n) is 5.65. The largest absolute Gasteiger partial charge is 0.349 e. The quantitative estimate of drug-likeness (QED) is 0.522. The summed E-state index contributed by atoms with van der Waals surface area (Å²) in [7, 11) is -2.79. The molecule has 24 heavy (non-hydrogen) atoms. The van der Waals surface area contributed by atoms with Crippen molar-refractivity contribution in [3.05, 3.63) is 34.4 Å². The number of hydrogen-bond donors (Lipinski definition) is 2. The number of nitro groups is 1. The summed E-state index contributed by atoms with van der Waals surface area (Å²) in [6, 6.07) is 4.65. The second-order valence-corrected chi connectivity index (χ2v) is 7.70. The van der Waals surface area contributed by atoms with Gasteiger partial charge in [-0.2, -0.15) is 4.31 Å². The fraction of sp³-hybridized carbons (Fsp3) is 0.462. The van der Waals surface area contributed by atoms with Gasteiger partial charge in [0.1, 0.15) is 0 Å². The predicted molar refractivity (Wildman–Crippen MR) is 91.4 cm³/mol. The highest BCUT2D eigenvalue weighted by atomic mass is 35.5. The van der Waals surface area contributed by atoms with Gasteiger partial charge < -0.3 is 11.1 Å². The minimum Gasteiger partial charge on any atom is -0.349 e. The minimum absolute atomic E-state index is 0. The number of nitrogens with zero attached hydrogens (tertiary/aromatic N) is 2. The van der Waals surface area contributed by atoms with Crippen LogP contribution < -0.4 is 11.1 Å². The highest BCUT2D eigenvalue weighted by Gasteiger charge is 2.26. The third kappa shape index (κ3) is 5.71. The lowest BCUT2D eigenvalue weighted by molar-refractivity contribution is -0.385. The molecule has 9 nitrogen and oxygen atoms in total. The molecule has 0 bridgehead atoms. The van der Waals surface area contributed by atoms with Crippen LogP contribution in [0, 0.1) is 10.1 Å². The van der Waals surface area contributed by atoms with Crippen molar-refractivity contribution in [1.29, 1.82) is 0 Å². The second kappa shape index (κ2) is 8.38. The maximum absolute atomic E-state index is 12.4. The number of nitrogens with two attached hydrogens (primary N) is 1. The smallest absolute Gasteiger partial charge is 0.270 e. The molecular weight excluding hydrogens is 360 g/mol. The Labute approximate surface area is 146 Å². The van der Waals surface area contributed by atoms with Crippen LogP contribution in [0.3, 0.4) is 0 Å². The number of halogens is 1. The lowest BCUT2D eigenvalue weighted by atomic mass is 10.1. The van der Waals surface area contributed by atoms with E-state index in [1.54, 1.807) is 13.8 Å². The maximum Gasteiger partial charge on any atom is 0.270 e. The zero-order valence-corrected chi connectivity index (χ0v) is 15.2. The van der Waals surface area contributed by atoms with Crippen LogP contribution in [0.15, 0.2) is 29.2 Å². The normalized spacial score (nSPS) is 11.7. The molecule has 0 spiro atoms. The van der Waals surface area contributed by atoms with E-state index in [1.165, 1.54) is 25.2 Å². The van der Waals surface area contributed by atoms with Crippen molar-refractivity contribution >= 4 is 34.0 Å². The first-order chi connectivity index (χ1) is 10.5. The number of nitro benzene ring substituents is 1. The summed E-state index contributed by atoms with van der Waals surface area (Å²) in [5, 5.41) is 13.4. The molecule has 0 radical (unpaired) electrons. The summed E-state index contributed by atoms with van der Waals surface area (Å²) in [5.41, 5.74) is 4.50. The van der Waals surface area contributed by atoms with Gasteiger partial charge in [0.2, 0.25) is 15.9 Å². The molecule has 0 aromatic heterocycles. The summed E-state index contributed by atoms with van der Waals surface area (Å²) < 4.78 is 25.6. The maximum atomic E-state index is 12.4. The van der Waals surface area contributed by atoms with Crippen molar-refractivity contribution in [3.8, 4) is 0 Å². The van der Waals surface area contributed by atoms with Crippen molar-refractivity contribution in [1.82, 2.24) is 9.62 Å². The number of sulfonamides is 1. The van der Waals surface area contributed by atoms with Crippen molar-refractivity contribution < 1.29 is 18.1 Å². The number of rotatable bonds is 7. The Morgan fingerprint density at radius 1 is 1.42 bits per heavy atom. The third-order valence-corrected chi connectivity index (χ3v) is 4.89. The van der Waals surface area contributed by atoms with Crippen molar-refractivity contribution in [2.24, 2.45) is 5.73 Å². The van der Waals surface area contributed by atoms with Crippen LogP contribution in [0.4, 0.5) is 5.69 Å². The number of hydrogen-bond acceptors (Lipinski definition) is 6. The summed E-state index contributed by atoms with van der Waals surface area (Å²) in [6.07, 6.45) is 0. The standard InChI is InChI=1S/C13H20N4O5S.ClH/c1-13(2,9-14)15-12(18)8-16(3)23(21,22)11-6-4-5-10(7-11)17(19)20;/h4-7H,8-9,14H2,1-3H3,(H,15,18);1H. The van der Waals surface area contributed by atoms with Gasteiger partial charge in [0.05, 0.1) is 16.4 Å². The van der Waals surface area contributed by atoms with Crippen LogP contribution in [0.25, 0.3) is 0 Å². The van der Waals surface area contributed by atoms with E-state index in [4.69, 9.17) is 5.73 Å². The van der Waals surface area contributed by atoms with Crippen LogP contribution in [0.2, 0.25) is 0 Å². The monoisotopic (exact) mass is 380 g/mol. The van der Waals surface area contributed by atoms with E-state index in [1.807, 2.05) is 0 Å². The molecular formula is C13H21ClN4O5S. The number of carbonyl (C=O) groups is 1. The zero-order valence-electron chi connectivity index (χ0n) is 13.6. The van der Waals surface area contributed by atoms with Crippen molar-refractivity contribution in [2.45, 2.75) is 24.3 Å². The fourth-order valence-corrected chi connectivity index (χ4v) is 2.86. The van der Waals surface area contributed by atoms with E-state index in [0.717, 1.165) is 10.4 Å². The van der Waals surface area contributed by atoms with Crippen molar-refractivity contribution in [3.63, 3.8) is 0 Å². The molecule has 0 heterocycles. The Morgan fingerprint density at radius 2 is 2.00 bits per heavy atom. The average molecular weight is 381 g/mol. The molecule has 11 heteroatoms. The fourth-order valence-electron chi connectivity index (χ4n) is 1.69. The number of likely N-dealkylation sites (N-methyl/N-ethyl adjacent to an activating group) is 1. The molecule has 0 atom stereocenters. The number of nitrogens with one attached hydrogen (secondary N) is 1. The molecule has 1 aromatic carbocycles. The lowest BCUT2D eigenvalue weighted by Crippen LogP contribution is -2.51. The molecule has 0 aliphatic heterocycles. The number of benzene rings is 1. The summed E-state index contributed by atoms with van der Waals surface area (Å²) in [6.45, 7) is 3.19. The van der Waals surface area contributed by atoms with E-state index in [-0.39, 0.29) is 29.5 Å². The molecule has 1 amide bonds. The molecule has 0 aliphatic carbocycles. The Kier molecular flexibility index (Phi) is 7.77. The summed E-state index contributed by atoms with van der Waals surface area (Å²) in [4.78, 5) is 21.7. The van der Waals surface area contributed by atoms with E-state index in [0.29, 0.717) is 0 Å². The molecule has 0 saturated carbocycles. The van der Waals surface area contributed by atoms with Crippen LogP contribution in [-0.4, -0.2) is 49.2 Å². The Hall–Kier alpha value is -1.75. The van der Waals surface area contributed by atoms with Gasteiger partial charge >= 0.3 is 0 Å². The van der Waals surface area contributed by atoms with Crippen molar-refractivity contribution in [2.75, 3.05) is 20.1 Å². The van der Waals surface area contributed by atoms with Crippen LogP contribution >= 0.6 is 12.4 Å². The van der Waals surface area contributed by atoms with Gasteiger partial charge in [-0.25, -0.2) is 8.42 Å². The Bertz CT molecular complexity index is 708. The van der Waals surface area contributed by atoms with Gasteiger partial charge in [0, 0.05) is 31.3 Å². The van der Waals surface area contributed by atoms with E-state index < -0.39 is 32.9 Å². The zero-order chi connectivity index (χ0) is 17.8. The van der Waals surface area contributed by atoms with Crippen LogP contribution in [-0.2, 0) is 14.8 Å². The highest BCUT2D eigenvalue weighted by molar-refractivity contribution is 7.89. The number of non-ortho nitro benzene ring substituents is 1. The number of amides is 1. The molecule has 136 valence electrons. The van der Waals surface area contributed by atoms with Gasteiger partial charge in [0.25, 0.3) is 5.69 Å². The van der Waals surface area contributed by atoms with Gasteiger partial charge in [0.15, 0.2) is 0 Å². The molecule has 3 N–H and O–H groups in total. The first-order valence-electron chi connectivity index (χ1n) is 6.71. The van der Waals surface area contributed by atoms with E-state index >= 15 is 0 Å². The summed E-state index contributed by atoms with van der Waals surface area (Å²) in [5.74, 6) is -0.517. The first-order valence-corrected chi connectivity index (χ1v) is 8.15. The molecule has 0 aliphatic rings. The average Bonchev–Trinajstić information content (AvgIpc) is 2.46.